The lowest BCUT2D eigenvalue weighted by Crippen LogP contribution is -2.28. The summed E-state index contributed by atoms with van der Waals surface area (Å²) >= 11 is 0. The first-order valence-corrected chi connectivity index (χ1v) is 14.0. The van der Waals surface area contributed by atoms with E-state index in [4.69, 9.17) is 34.2 Å². The molecule has 0 bridgehead atoms. The number of carboxylic acid groups (broad SMARTS) is 2. The summed E-state index contributed by atoms with van der Waals surface area (Å²) in [5.41, 5.74) is 0.348. The van der Waals surface area contributed by atoms with E-state index in [1.165, 1.54) is 6.08 Å². The van der Waals surface area contributed by atoms with Crippen LogP contribution in [0, 0.1) is 10.8 Å². The van der Waals surface area contributed by atoms with Gasteiger partial charge in [-0.25, -0.2) is 0 Å². The third-order valence-corrected chi connectivity index (χ3v) is 5.28. The Hall–Kier alpha value is -2.31. The van der Waals surface area contributed by atoms with E-state index < -0.39 is 13.5 Å². The van der Waals surface area contributed by atoms with E-state index in [2.05, 4.69) is 27.7 Å². The van der Waals surface area contributed by atoms with Crippen LogP contribution in [0.4, 0.5) is 0 Å². The molecule has 0 aromatic carbocycles. The Bertz CT molecular complexity index is 708. The number of aliphatic hydroxyl groups excluding tert-OH is 1. The Kier molecular flexibility index (Phi) is 27.7. The first-order valence-electron chi connectivity index (χ1n) is 12.2. The minimum atomic E-state index is -3.56. The van der Waals surface area contributed by atoms with Gasteiger partial charge in [-0.15, -0.1) is 0 Å². The van der Waals surface area contributed by atoms with Crippen LogP contribution in [0.25, 0.3) is 0 Å². The number of hydrogen-bond donors (Lipinski definition) is 5. The lowest BCUT2D eigenvalue weighted by atomic mass is 9.99. The van der Waals surface area contributed by atoms with Crippen molar-refractivity contribution in [2.75, 3.05) is 26.9 Å². The van der Waals surface area contributed by atoms with Crippen LogP contribution < -0.4 is 5.32 Å². The van der Waals surface area contributed by atoms with Crippen LogP contribution in [0.3, 0.4) is 0 Å². The zero-order valence-electron chi connectivity index (χ0n) is 24.8. The Morgan fingerprint density at radius 3 is 1.92 bits per heavy atom. The van der Waals surface area contributed by atoms with Crippen LogP contribution in [0.5, 0.6) is 0 Å². The van der Waals surface area contributed by atoms with Crippen LogP contribution >= 0.6 is 7.60 Å². The van der Waals surface area contributed by atoms with E-state index in [0.717, 1.165) is 20.0 Å². The van der Waals surface area contributed by atoms with E-state index in [1.807, 2.05) is 26.1 Å². The second-order valence-corrected chi connectivity index (χ2v) is 12.9. The molecule has 0 aliphatic carbocycles. The molecule has 13 nitrogen and oxygen atoms in total. The van der Waals surface area contributed by atoms with Crippen molar-refractivity contribution in [3.05, 3.63) is 12.3 Å². The number of aliphatic hydroxyl groups is 1. The maximum Gasteiger partial charge on any atom is 0.328 e. The quantitative estimate of drug-likeness (QED) is 0.142. The van der Waals surface area contributed by atoms with Crippen molar-refractivity contribution in [2.24, 2.45) is 10.8 Å². The highest BCUT2D eigenvalue weighted by molar-refractivity contribution is 7.52. The van der Waals surface area contributed by atoms with Gasteiger partial charge >= 0.3 is 7.60 Å². The molecule has 0 aromatic rings. The van der Waals surface area contributed by atoms with E-state index >= 15 is 0 Å². The van der Waals surface area contributed by atoms with Crippen molar-refractivity contribution in [2.45, 2.75) is 86.5 Å². The smallest absolute Gasteiger partial charge is 0.328 e. The first kappa shape index (κ1) is 43.7. The molecular weight excluding hydrogens is 535 g/mol. The monoisotopic (exact) mass is 586 g/mol. The Balaban J connectivity index is -0.000000395. The molecular formula is C25H51N2O11P. The average molecular weight is 587 g/mol. The highest BCUT2D eigenvalue weighted by Gasteiger charge is 2.28. The number of amides is 2. The van der Waals surface area contributed by atoms with Gasteiger partial charge in [-0.3, -0.25) is 29.1 Å². The number of rotatable bonds is 10. The fraction of sp³-hybridized carbons (Fsp3) is 0.760. The predicted molar refractivity (Wildman–Crippen MR) is 149 cm³/mol. The highest BCUT2D eigenvalue weighted by atomic mass is 31.2. The number of nitrogens with one attached hydrogen (secondary N) is 1. The van der Waals surface area contributed by atoms with Gasteiger partial charge in [0.15, 0.2) is 0 Å². The molecule has 1 aliphatic heterocycles. The molecule has 1 aliphatic rings. The number of carbonyl (C=O) groups is 4. The van der Waals surface area contributed by atoms with Gasteiger partial charge in [-0.1, -0.05) is 48.5 Å². The van der Waals surface area contributed by atoms with E-state index in [1.54, 1.807) is 18.1 Å². The molecule has 1 saturated heterocycles. The van der Waals surface area contributed by atoms with Crippen molar-refractivity contribution in [3.63, 3.8) is 0 Å². The lowest BCUT2D eigenvalue weighted by molar-refractivity contribution is -0.123. The third-order valence-electron chi connectivity index (χ3n) is 3.87. The van der Waals surface area contributed by atoms with Gasteiger partial charge in [-0.2, -0.15) is 0 Å². The van der Waals surface area contributed by atoms with Crippen LogP contribution in [0.2, 0.25) is 0 Å². The Labute approximate surface area is 233 Å². The second kappa shape index (κ2) is 24.7. The van der Waals surface area contributed by atoms with Gasteiger partial charge in [-0.05, 0) is 36.5 Å². The Morgan fingerprint density at radius 1 is 1.05 bits per heavy atom. The summed E-state index contributed by atoms with van der Waals surface area (Å²) in [5, 5.41) is 22.8. The van der Waals surface area contributed by atoms with Crippen molar-refractivity contribution in [1.82, 2.24) is 10.2 Å². The molecule has 39 heavy (non-hydrogen) atoms. The normalized spacial score (nSPS) is 17.6. The fourth-order valence-electron chi connectivity index (χ4n) is 2.46. The molecule has 3 unspecified atom stereocenters. The van der Waals surface area contributed by atoms with Crippen LogP contribution in [-0.4, -0.2) is 89.6 Å². The molecule has 5 N–H and O–H groups in total. The van der Waals surface area contributed by atoms with Crippen LogP contribution in [0.1, 0.15) is 74.1 Å². The van der Waals surface area contributed by atoms with Crippen LogP contribution in [-0.2, 0) is 33.0 Å². The van der Waals surface area contributed by atoms with Crippen molar-refractivity contribution in [1.29, 1.82) is 0 Å². The highest BCUT2D eigenvalue weighted by Crippen LogP contribution is 2.44. The standard InChI is InChI=1S/C17H31N2O6P.C5H12.2CH2O2.CH4O/c1-17(2,3)12-24-26(22,23)11-5-6-14-7-8-16(25-14)19(4)10-9-15(21)18-13-20;1-5(2,3)4;2*2-1-3;1-2/h9-10,13-14,16H,5-8,11-12H2,1-4H3,(H,22,23)(H,18,20,21);1-4H3;2*1H,(H,2,3);2H,1H3/b10-9-;;;;. The summed E-state index contributed by atoms with van der Waals surface area (Å²) in [4.78, 5) is 49.8. The number of imide groups is 1. The largest absolute Gasteiger partial charge is 0.483 e. The number of carbonyl (C=O) groups excluding carboxylic acids is 2. The molecule has 1 rings (SSSR count). The lowest BCUT2D eigenvalue weighted by Gasteiger charge is -2.23. The number of nitrogens with zero attached hydrogens (tertiary/aromatic N) is 1. The van der Waals surface area contributed by atoms with Crippen molar-refractivity contribution < 1.29 is 53.2 Å². The van der Waals surface area contributed by atoms with Gasteiger partial charge < -0.3 is 34.4 Å². The number of hydrogen-bond acceptors (Lipinski definition) is 9. The molecule has 2 amide bonds. The molecule has 14 heteroatoms. The molecule has 0 radical (unpaired) electrons. The van der Waals surface area contributed by atoms with Gasteiger partial charge in [0.2, 0.25) is 6.41 Å². The van der Waals surface area contributed by atoms with Crippen molar-refractivity contribution >= 4 is 32.9 Å². The molecule has 232 valence electrons. The Morgan fingerprint density at radius 2 is 1.51 bits per heavy atom. The predicted octanol–water partition coefficient (Wildman–Crippen LogP) is 3.30. The zero-order chi connectivity index (χ0) is 31.7. The summed E-state index contributed by atoms with van der Waals surface area (Å²) in [5.74, 6) is -0.490. The summed E-state index contributed by atoms with van der Waals surface area (Å²) < 4.78 is 23.1. The maximum absolute atomic E-state index is 12.0. The second-order valence-electron chi connectivity index (χ2n) is 10.9. The molecule has 0 saturated carbocycles. The van der Waals surface area contributed by atoms with Crippen LogP contribution in [0.15, 0.2) is 12.3 Å². The molecule has 1 heterocycles. The minimum Gasteiger partial charge on any atom is -0.483 e. The SMILES string of the molecule is CC(C)(C)C.CN(/C=C\C(=O)NC=O)C1CCC(CCCP(=O)(O)OCC(C)(C)C)O1.CO.O=CO.O=CO. The minimum absolute atomic E-state index is 0.0160. The van der Waals surface area contributed by atoms with E-state index in [9.17, 15) is 19.0 Å². The van der Waals surface area contributed by atoms with E-state index in [0.29, 0.717) is 24.7 Å². The maximum atomic E-state index is 12.0. The first-order chi connectivity index (χ1) is 17.9. The third kappa shape index (κ3) is 37.9. The molecule has 0 aromatic heterocycles. The topological polar surface area (TPSA) is 200 Å². The summed E-state index contributed by atoms with van der Waals surface area (Å²) in [6.07, 6.45) is 6.03. The average Bonchev–Trinajstić information content (AvgIpc) is 3.26. The summed E-state index contributed by atoms with van der Waals surface area (Å²) in [6, 6.07) is 0. The number of ether oxygens (including phenoxy) is 1. The summed E-state index contributed by atoms with van der Waals surface area (Å²) in [6.45, 7) is 14.4. The molecule has 0 spiro atoms. The van der Waals surface area contributed by atoms with E-state index in [-0.39, 0.29) is 43.5 Å². The van der Waals surface area contributed by atoms with Gasteiger partial charge in [0.05, 0.1) is 18.9 Å². The van der Waals surface area contributed by atoms with Gasteiger partial charge in [0, 0.05) is 26.4 Å². The fourth-order valence-corrected chi connectivity index (χ4v) is 3.76. The molecule has 1 fully saturated rings. The van der Waals surface area contributed by atoms with Gasteiger partial charge in [0.1, 0.15) is 6.23 Å². The zero-order valence-corrected chi connectivity index (χ0v) is 25.7. The molecule has 3 atom stereocenters. The summed E-state index contributed by atoms with van der Waals surface area (Å²) in [7, 11) is -0.767. The van der Waals surface area contributed by atoms with Gasteiger partial charge in [0.25, 0.3) is 18.9 Å². The van der Waals surface area contributed by atoms with Crippen molar-refractivity contribution in [3.8, 4) is 0 Å².